The van der Waals surface area contributed by atoms with Crippen molar-refractivity contribution in [2.75, 3.05) is 39.6 Å². The minimum absolute atomic E-state index is 0. The highest BCUT2D eigenvalue weighted by Gasteiger charge is 2.46. The second-order valence-electron chi connectivity index (χ2n) is 14.0. The number of hydrogen-bond donors (Lipinski definition) is 0. The average Bonchev–Trinajstić information content (AvgIpc) is 2.85. The topological polar surface area (TPSA) is 27.7 Å². The molecule has 4 atom stereocenters. The van der Waals surface area contributed by atoms with Gasteiger partial charge in [0.1, 0.15) is 0 Å². The van der Waals surface area contributed by atoms with Crippen LogP contribution in [-0.2, 0) is 14.2 Å². The SMILES string of the molecule is CCOCCOCCOCCCCC[Si](C)(CC(C)C)[Si](C)(CCC(C)CC)CCC(C)CCCC(C)C.S. The van der Waals surface area contributed by atoms with Crippen molar-refractivity contribution in [3.63, 3.8) is 0 Å². The van der Waals surface area contributed by atoms with Crippen LogP contribution in [-0.4, -0.2) is 54.8 Å². The first-order valence-electron chi connectivity index (χ1n) is 16.7. The molecule has 0 heterocycles. The lowest BCUT2D eigenvalue weighted by Gasteiger charge is -2.46. The van der Waals surface area contributed by atoms with Gasteiger partial charge in [0.05, 0.1) is 26.4 Å². The average molecular weight is 607 g/mol. The van der Waals surface area contributed by atoms with Crippen LogP contribution in [0.4, 0.5) is 0 Å². The van der Waals surface area contributed by atoms with Gasteiger partial charge in [0.25, 0.3) is 0 Å². The third kappa shape index (κ3) is 21.1. The summed E-state index contributed by atoms with van der Waals surface area (Å²) in [6.07, 6.45) is 12.5. The van der Waals surface area contributed by atoms with Gasteiger partial charge in [0, 0.05) is 28.4 Å². The third-order valence-electron chi connectivity index (χ3n) is 9.33. The first-order valence-corrected chi connectivity index (χ1v) is 23.6. The zero-order valence-electron chi connectivity index (χ0n) is 28.5. The Kier molecular flexibility index (Phi) is 27.0. The highest BCUT2D eigenvalue weighted by atomic mass is 32.1. The van der Waals surface area contributed by atoms with E-state index >= 15 is 0 Å². The normalized spacial score (nSPS) is 16.6. The van der Waals surface area contributed by atoms with Crippen LogP contribution in [0.3, 0.4) is 0 Å². The van der Waals surface area contributed by atoms with Crippen LogP contribution < -0.4 is 0 Å². The molecular formula is C33H74O3SSi2. The van der Waals surface area contributed by atoms with Gasteiger partial charge in [-0.1, -0.05) is 137 Å². The molecule has 6 heteroatoms. The van der Waals surface area contributed by atoms with Crippen LogP contribution >= 0.6 is 13.5 Å². The number of hydrogen-bond acceptors (Lipinski definition) is 3. The molecule has 0 spiro atoms. The molecule has 0 radical (unpaired) electrons. The van der Waals surface area contributed by atoms with E-state index in [1.54, 1.807) is 24.2 Å². The first-order chi connectivity index (χ1) is 18.0. The highest BCUT2D eigenvalue weighted by Crippen LogP contribution is 2.41. The molecule has 3 nitrogen and oxygen atoms in total. The van der Waals surface area contributed by atoms with Gasteiger partial charge >= 0.3 is 0 Å². The van der Waals surface area contributed by atoms with Crippen molar-refractivity contribution in [3.05, 3.63) is 0 Å². The molecule has 0 saturated carbocycles. The summed E-state index contributed by atoms with van der Waals surface area (Å²) in [7, 11) is -2.58. The lowest BCUT2D eigenvalue weighted by molar-refractivity contribution is 0.0163. The van der Waals surface area contributed by atoms with Crippen molar-refractivity contribution in [1.82, 2.24) is 0 Å². The molecule has 0 aromatic carbocycles. The molecule has 0 aromatic heterocycles. The fourth-order valence-corrected chi connectivity index (χ4v) is 23.5. The van der Waals surface area contributed by atoms with Crippen LogP contribution in [0.1, 0.15) is 113 Å². The quantitative estimate of drug-likeness (QED) is 0.0687. The zero-order chi connectivity index (χ0) is 28.9. The van der Waals surface area contributed by atoms with E-state index in [2.05, 4.69) is 61.6 Å². The Bertz CT molecular complexity index is 537. The number of ether oxygens (including phenoxy) is 3. The summed E-state index contributed by atoms with van der Waals surface area (Å²) in [5.74, 6) is 3.49. The smallest absolute Gasteiger partial charge is 0.0701 e. The number of rotatable bonds is 27. The van der Waals surface area contributed by atoms with Crippen molar-refractivity contribution < 1.29 is 14.2 Å². The van der Waals surface area contributed by atoms with Crippen LogP contribution in [0, 0.1) is 23.7 Å². The zero-order valence-corrected chi connectivity index (χ0v) is 31.5. The highest BCUT2D eigenvalue weighted by molar-refractivity contribution is 7.59. The lowest BCUT2D eigenvalue weighted by Crippen LogP contribution is -2.59. The van der Waals surface area contributed by atoms with Gasteiger partial charge in [-0.05, 0) is 37.0 Å². The fraction of sp³-hybridized carbons (Fsp3) is 1.00. The van der Waals surface area contributed by atoms with Crippen LogP contribution in [0.15, 0.2) is 0 Å². The van der Waals surface area contributed by atoms with Crippen molar-refractivity contribution >= 4 is 28.7 Å². The van der Waals surface area contributed by atoms with Crippen molar-refractivity contribution in [2.45, 2.75) is 150 Å². The second kappa shape index (κ2) is 25.2. The lowest BCUT2D eigenvalue weighted by atomic mass is 9.98. The van der Waals surface area contributed by atoms with Crippen molar-refractivity contribution in [1.29, 1.82) is 0 Å². The monoisotopic (exact) mass is 606 g/mol. The minimum atomic E-state index is -1.29. The van der Waals surface area contributed by atoms with E-state index in [0.29, 0.717) is 26.4 Å². The van der Waals surface area contributed by atoms with Crippen LogP contribution in [0.25, 0.3) is 0 Å². The Balaban J connectivity index is 0. The maximum absolute atomic E-state index is 5.85. The molecule has 0 rings (SSSR count). The summed E-state index contributed by atoms with van der Waals surface area (Å²) in [4.78, 5) is 0. The Morgan fingerprint density at radius 1 is 0.513 bits per heavy atom. The van der Waals surface area contributed by atoms with Gasteiger partial charge in [-0.3, -0.25) is 0 Å². The molecule has 0 amide bonds. The Morgan fingerprint density at radius 2 is 1.08 bits per heavy atom. The summed E-state index contributed by atoms with van der Waals surface area (Å²) in [5.41, 5.74) is 0. The maximum atomic E-state index is 5.85. The third-order valence-corrected chi connectivity index (χ3v) is 29.8. The summed E-state index contributed by atoms with van der Waals surface area (Å²) in [6.45, 7) is 29.3. The van der Waals surface area contributed by atoms with Gasteiger partial charge in [-0.2, -0.15) is 13.5 Å². The minimum Gasteiger partial charge on any atom is -0.379 e. The Hall–Kier alpha value is 0.664. The molecular weight excluding hydrogens is 533 g/mol. The molecule has 0 fully saturated rings. The van der Waals surface area contributed by atoms with E-state index in [1.165, 1.54) is 57.8 Å². The van der Waals surface area contributed by atoms with E-state index in [0.717, 1.165) is 36.9 Å². The molecule has 0 aliphatic heterocycles. The number of unbranched alkanes of at least 4 members (excludes halogenated alkanes) is 2. The predicted molar refractivity (Wildman–Crippen MR) is 186 cm³/mol. The summed E-state index contributed by atoms with van der Waals surface area (Å²) in [5, 5.41) is 0. The standard InChI is InChI=1S/C33H72O3Si2.H2S/c1-11-32(7)19-27-37(9,28-20-33(8)18-16-17-30(3)4)38(10,29-31(5)6)26-15-13-14-21-35-24-25-36-23-22-34-12-2;/h30-33H,11-29H2,1-10H3;1H2. The molecule has 0 aliphatic carbocycles. The van der Waals surface area contributed by atoms with E-state index < -0.39 is 15.2 Å². The molecule has 0 aromatic rings. The molecule has 238 valence electrons. The first kappa shape index (κ1) is 41.8. The molecule has 0 bridgehead atoms. The largest absolute Gasteiger partial charge is 0.379 e. The van der Waals surface area contributed by atoms with Crippen LogP contribution in [0.2, 0.25) is 37.3 Å². The fourth-order valence-electron chi connectivity index (χ4n) is 6.11. The van der Waals surface area contributed by atoms with Gasteiger partial charge in [0.15, 0.2) is 0 Å². The molecule has 0 aliphatic rings. The summed E-state index contributed by atoms with van der Waals surface area (Å²) in [6, 6.07) is 6.28. The van der Waals surface area contributed by atoms with E-state index in [-0.39, 0.29) is 13.5 Å². The summed E-state index contributed by atoms with van der Waals surface area (Å²) < 4.78 is 16.7. The Morgan fingerprint density at radius 3 is 1.62 bits per heavy atom. The molecule has 4 unspecified atom stereocenters. The maximum Gasteiger partial charge on any atom is 0.0701 e. The van der Waals surface area contributed by atoms with Gasteiger partial charge in [-0.15, -0.1) is 0 Å². The molecule has 39 heavy (non-hydrogen) atoms. The summed E-state index contributed by atoms with van der Waals surface area (Å²) >= 11 is 0. The Labute approximate surface area is 256 Å². The van der Waals surface area contributed by atoms with Gasteiger partial charge in [-0.25, -0.2) is 0 Å². The van der Waals surface area contributed by atoms with E-state index in [9.17, 15) is 0 Å². The van der Waals surface area contributed by atoms with Crippen LogP contribution in [0.5, 0.6) is 0 Å². The van der Waals surface area contributed by atoms with Gasteiger partial charge in [0.2, 0.25) is 0 Å². The van der Waals surface area contributed by atoms with E-state index in [1.807, 2.05) is 6.92 Å². The van der Waals surface area contributed by atoms with Crippen molar-refractivity contribution in [3.8, 4) is 0 Å². The predicted octanol–water partition coefficient (Wildman–Crippen LogP) is 10.5. The van der Waals surface area contributed by atoms with E-state index in [4.69, 9.17) is 14.2 Å². The van der Waals surface area contributed by atoms with Crippen molar-refractivity contribution in [2.24, 2.45) is 23.7 Å². The molecule has 0 N–H and O–H groups in total. The molecule has 0 saturated heterocycles. The van der Waals surface area contributed by atoms with Gasteiger partial charge < -0.3 is 14.2 Å². The second-order valence-corrected chi connectivity index (χ2v) is 29.4.